The molecule has 0 spiro atoms. The minimum atomic E-state index is -0.0378. The topological polar surface area (TPSA) is 59.4 Å². The summed E-state index contributed by atoms with van der Waals surface area (Å²) in [5.74, 6) is 0. The lowest BCUT2D eigenvalue weighted by Crippen LogP contribution is -2.49. The van der Waals surface area contributed by atoms with Gasteiger partial charge >= 0.3 is 6.03 Å². The fraction of sp³-hybridized carbons (Fsp3) is 0.444. The van der Waals surface area contributed by atoms with E-state index in [-0.39, 0.29) is 12.1 Å². The van der Waals surface area contributed by atoms with Gasteiger partial charge in [-0.25, -0.2) is 4.79 Å². The highest BCUT2D eigenvalue weighted by Gasteiger charge is 2.24. The van der Waals surface area contributed by atoms with Gasteiger partial charge in [0, 0.05) is 26.3 Å². The summed E-state index contributed by atoms with van der Waals surface area (Å²) in [5.41, 5.74) is 2.29. The molecule has 2 aromatic rings. The maximum atomic E-state index is 12.4. The van der Waals surface area contributed by atoms with Gasteiger partial charge < -0.3 is 15.0 Å². The summed E-state index contributed by atoms with van der Waals surface area (Å²) in [6.45, 7) is 2.36. The van der Waals surface area contributed by atoms with Crippen molar-refractivity contribution in [3.8, 4) is 0 Å². The molecule has 0 bridgehead atoms. The Kier molecular flexibility index (Phi) is 5.48. The van der Waals surface area contributed by atoms with Crippen LogP contribution in [0, 0.1) is 0 Å². The van der Waals surface area contributed by atoms with Crippen molar-refractivity contribution >= 4 is 6.03 Å². The smallest absolute Gasteiger partial charge is 0.317 e. The molecule has 1 N–H and O–H groups in total. The van der Waals surface area contributed by atoms with Crippen LogP contribution in [0.2, 0.25) is 0 Å². The van der Waals surface area contributed by atoms with Crippen LogP contribution in [-0.4, -0.2) is 46.5 Å². The number of aromatic nitrogens is 2. The lowest BCUT2D eigenvalue weighted by atomic mass is 10.1. The maximum absolute atomic E-state index is 12.4. The molecule has 2 heterocycles. The number of carbonyl (C=O) groups excluding carboxylic acids is 1. The Morgan fingerprint density at radius 1 is 1.33 bits per heavy atom. The number of carbonyl (C=O) groups is 1. The number of morpholine rings is 1. The number of ether oxygens (including phenoxy) is 1. The number of aryl methyl sites for hydroxylation is 2. The SMILES string of the molecule is Cn1nccc1CNC(=O)N1CCO[C@H](CCc2ccccc2)C1. The molecule has 1 saturated heterocycles. The maximum Gasteiger partial charge on any atom is 0.317 e. The normalized spacial score (nSPS) is 17.7. The van der Waals surface area contributed by atoms with Gasteiger partial charge in [0.2, 0.25) is 0 Å². The molecule has 2 amide bonds. The fourth-order valence-corrected chi connectivity index (χ4v) is 2.90. The molecule has 128 valence electrons. The van der Waals surface area contributed by atoms with E-state index in [1.54, 1.807) is 10.9 Å². The second-order valence-corrected chi connectivity index (χ2v) is 6.07. The van der Waals surface area contributed by atoms with Gasteiger partial charge in [-0.15, -0.1) is 0 Å². The van der Waals surface area contributed by atoms with Crippen LogP contribution in [0.15, 0.2) is 42.6 Å². The van der Waals surface area contributed by atoms with E-state index in [9.17, 15) is 4.79 Å². The molecule has 0 unspecified atom stereocenters. The number of nitrogens with zero attached hydrogens (tertiary/aromatic N) is 3. The second-order valence-electron chi connectivity index (χ2n) is 6.07. The summed E-state index contributed by atoms with van der Waals surface area (Å²) in [5, 5.41) is 7.06. The van der Waals surface area contributed by atoms with Gasteiger partial charge in [-0.3, -0.25) is 4.68 Å². The number of rotatable bonds is 5. The van der Waals surface area contributed by atoms with Crippen molar-refractivity contribution < 1.29 is 9.53 Å². The standard InChI is InChI=1S/C18H24N4O2/c1-21-16(9-10-20-21)13-19-18(23)22-11-12-24-17(14-22)8-7-15-5-3-2-4-6-15/h2-6,9-10,17H,7-8,11-14H2,1H3,(H,19,23)/t17-/m1/s1. The van der Waals surface area contributed by atoms with Crippen molar-refractivity contribution in [1.82, 2.24) is 20.0 Å². The average molecular weight is 328 g/mol. The lowest BCUT2D eigenvalue weighted by Gasteiger charge is -2.33. The first kappa shape index (κ1) is 16.5. The summed E-state index contributed by atoms with van der Waals surface area (Å²) in [6, 6.07) is 12.2. The van der Waals surface area contributed by atoms with Crippen LogP contribution in [0.25, 0.3) is 0 Å². The summed E-state index contributed by atoms with van der Waals surface area (Å²) in [7, 11) is 1.87. The van der Waals surface area contributed by atoms with Crippen molar-refractivity contribution in [3.63, 3.8) is 0 Å². The van der Waals surface area contributed by atoms with E-state index in [2.05, 4.69) is 34.7 Å². The molecular weight excluding hydrogens is 304 g/mol. The molecule has 1 atom stereocenters. The Labute approximate surface area is 142 Å². The molecule has 6 heteroatoms. The van der Waals surface area contributed by atoms with Gasteiger partial charge in [-0.2, -0.15) is 5.10 Å². The minimum absolute atomic E-state index is 0.0378. The number of nitrogens with one attached hydrogen (secondary N) is 1. The van der Waals surface area contributed by atoms with Crippen molar-refractivity contribution in [2.24, 2.45) is 7.05 Å². The van der Waals surface area contributed by atoms with E-state index in [1.165, 1.54) is 5.56 Å². The van der Waals surface area contributed by atoms with Crippen LogP contribution in [0.5, 0.6) is 0 Å². The number of amides is 2. The first-order valence-electron chi connectivity index (χ1n) is 8.37. The van der Waals surface area contributed by atoms with Gasteiger partial charge in [-0.05, 0) is 24.5 Å². The Balaban J connectivity index is 1.46. The third-order valence-corrected chi connectivity index (χ3v) is 4.37. The molecule has 1 fully saturated rings. The monoisotopic (exact) mass is 328 g/mol. The molecule has 0 radical (unpaired) electrons. The molecular formula is C18H24N4O2. The summed E-state index contributed by atoms with van der Waals surface area (Å²) >= 11 is 0. The molecule has 6 nitrogen and oxygen atoms in total. The zero-order valence-corrected chi connectivity index (χ0v) is 14.0. The number of benzene rings is 1. The van der Waals surface area contributed by atoms with E-state index in [0.29, 0.717) is 26.2 Å². The van der Waals surface area contributed by atoms with Crippen molar-refractivity contribution in [2.45, 2.75) is 25.5 Å². The molecule has 24 heavy (non-hydrogen) atoms. The Bertz CT molecular complexity index is 656. The van der Waals surface area contributed by atoms with Crippen LogP contribution in [0.4, 0.5) is 4.79 Å². The zero-order chi connectivity index (χ0) is 16.8. The molecule has 1 aromatic heterocycles. The fourth-order valence-electron chi connectivity index (χ4n) is 2.90. The summed E-state index contributed by atoms with van der Waals surface area (Å²) in [4.78, 5) is 14.2. The third kappa shape index (κ3) is 4.35. The van der Waals surface area contributed by atoms with E-state index < -0.39 is 0 Å². The summed E-state index contributed by atoms with van der Waals surface area (Å²) < 4.78 is 7.58. The van der Waals surface area contributed by atoms with Crippen LogP contribution in [-0.2, 0) is 24.8 Å². The Hall–Kier alpha value is -2.34. The van der Waals surface area contributed by atoms with Crippen LogP contribution < -0.4 is 5.32 Å². The zero-order valence-electron chi connectivity index (χ0n) is 14.0. The first-order chi connectivity index (χ1) is 11.7. The average Bonchev–Trinajstić information content (AvgIpc) is 3.04. The van der Waals surface area contributed by atoms with E-state index in [1.807, 2.05) is 24.1 Å². The van der Waals surface area contributed by atoms with Gasteiger partial charge in [-0.1, -0.05) is 30.3 Å². The Morgan fingerprint density at radius 2 is 2.17 bits per heavy atom. The predicted molar refractivity (Wildman–Crippen MR) is 91.5 cm³/mol. The second kappa shape index (κ2) is 7.97. The van der Waals surface area contributed by atoms with Crippen molar-refractivity contribution in [3.05, 3.63) is 53.9 Å². The lowest BCUT2D eigenvalue weighted by molar-refractivity contribution is -0.0176. The van der Waals surface area contributed by atoms with Crippen LogP contribution >= 0.6 is 0 Å². The molecule has 0 saturated carbocycles. The van der Waals surface area contributed by atoms with Crippen molar-refractivity contribution in [2.75, 3.05) is 19.7 Å². The van der Waals surface area contributed by atoms with Gasteiger partial charge in [0.25, 0.3) is 0 Å². The molecule has 1 aliphatic heterocycles. The molecule has 3 rings (SSSR count). The van der Waals surface area contributed by atoms with E-state index in [4.69, 9.17) is 4.74 Å². The third-order valence-electron chi connectivity index (χ3n) is 4.37. The minimum Gasteiger partial charge on any atom is -0.375 e. The van der Waals surface area contributed by atoms with Crippen molar-refractivity contribution in [1.29, 1.82) is 0 Å². The molecule has 1 aromatic carbocycles. The molecule has 0 aliphatic carbocycles. The van der Waals surface area contributed by atoms with E-state index in [0.717, 1.165) is 18.5 Å². The van der Waals surface area contributed by atoms with Gasteiger partial charge in [0.05, 0.1) is 24.9 Å². The number of hydrogen-bond acceptors (Lipinski definition) is 3. The van der Waals surface area contributed by atoms with Gasteiger partial charge in [0.15, 0.2) is 0 Å². The quantitative estimate of drug-likeness (QED) is 0.913. The Morgan fingerprint density at radius 3 is 2.92 bits per heavy atom. The largest absolute Gasteiger partial charge is 0.375 e. The van der Waals surface area contributed by atoms with Crippen LogP contribution in [0.1, 0.15) is 17.7 Å². The number of urea groups is 1. The summed E-state index contributed by atoms with van der Waals surface area (Å²) in [6.07, 6.45) is 3.72. The highest BCUT2D eigenvalue weighted by atomic mass is 16.5. The van der Waals surface area contributed by atoms with Gasteiger partial charge in [0.1, 0.15) is 0 Å². The molecule has 1 aliphatic rings. The highest BCUT2D eigenvalue weighted by molar-refractivity contribution is 5.74. The first-order valence-corrected chi connectivity index (χ1v) is 8.37. The van der Waals surface area contributed by atoms with Crippen LogP contribution in [0.3, 0.4) is 0 Å². The highest BCUT2D eigenvalue weighted by Crippen LogP contribution is 2.13. The van der Waals surface area contributed by atoms with E-state index >= 15 is 0 Å². The number of hydrogen-bond donors (Lipinski definition) is 1. The predicted octanol–water partition coefficient (Wildman–Crippen LogP) is 1.96.